The Morgan fingerprint density at radius 2 is 2.17 bits per heavy atom. The van der Waals surface area contributed by atoms with Crippen LogP contribution in [0.25, 0.3) is 0 Å². The fourth-order valence-corrected chi connectivity index (χ4v) is 1.61. The van der Waals surface area contributed by atoms with E-state index in [-0.39, 0.29) is 6.10 Å². The number of hydrogen-bond donors (Lipinski definition) is 1. The number of ether oxygens (including phenoxy) is 2. The van der Waals surface area contributed by atoms with E-state index in [1.165, 1.54) is 0 Å². The molecule has 0 unspecified atom stereocenters. The van der Waals surface area contributed by atoms with Gasteiger partial charge in [0, 0.05) is 6.54 Å². The first kappa shape index (κ1) is 14.6. The molecule has 1 aromatic rings. The van der Waals surface area contributed by atoms with Gasteiger partial charge in [-0.05, 0) is 38.5 Å². The van der Waals surface area contributed by atoms with Crippen LogP contribution < -0.4 is 10.1 Å². The van der Waals surface area contributed by atoms with Crippen LogP contribution in [0, 0.1) is 0 Å². The third kappa shape index (κ3) is 4.84. The maximum atomic E-state index is 11.1. The monoisotopic (exact) mass is 271 g/mol. The highest BCUT2D eigenvalue weighted by atomic mass is 35.5. The van der Waals surface area contributed by atoms with E-state index in [1.807, 2.05) is 19.9 Å². The zero-order valence-electron chi connectivity index (χ0n) is 10.8. The van der Waals surface area contributed by atoms with E-state index in [4.69, 9.17) is 21.1 Å². The van der Waals surface area contributed by atoms with Gasteiger partial charge in [0.05, 0.1) is 17.7 Å². The highest BCUT2D eigenvalue weighted by molar-refractivity contribution is 6.32. The SMILES string of the molecule is CCOC(=O)NCc1ccc(OC(C)C)c(Cl)c1. The number of benzene rings is 1. The molecule has 0 saturated heterocycles. The largest absolute Gasteiger partial charge is 0.489 e. The van der Waals surface area contributed by atoms with Crippen molar-refractivity contribution in [2.45, 2.75) is 33.4 Å². The van der Waals surface area contributed by atoms with Gasteiger partial charge in [0.25, 0.3) is 0 Å². The van der Waals surface area contributed by atoms with Crippen LogP contribution in [-0.4, -0.2) is 18.8 Å². The van der Waals surface area contributed by atoms with E-state index in [2.05, 4.69) is 5.32 Å². The summed E-state index contributed by atoms with van der Waals surface area (Å²) in [6.45, 7) is 6.36. The van der Waals surface area contributed by atoms with Gasteiger partial charge in [-0.2, -0.15) is 0 Å². The van der Waals surface area contributed by atoms with Crippen molar-refractivity contribution in [3.8, 4) is 5.75 Å². The molecule has 1 aromatic carbocycles. The average molecular weight is 272 g/mol. The number of alkyl carbamates (subject to hydrolysis) is 1. The quantitative estimate of drug-likeness (QED) is 0.893. The smallest absolute Gasteiger partial charge is 0.407 e. The lowest BCUT2D eigenvalue weighted by Gasteiger charge is -2.12. The van der Waals surface area contributed by atoms with E-state index in [1.54, 1.807) is 19.1 Å². The van der Waals surface area contributed by atoms with E-state index in [0.29, 0.717) is 23.9 Å². The minimum Gasteiger partial charge on any atom is -0.489 e. The number of hydrogen-bond acceptors (Lipinski definition) is 3. The third-order valence-electron chi connectivity index (χ3n) is 2.07. The van der Waals surface area contributed by atoms with E-state index >= 15 is 0 Å². The molecule has 18 heavy (non-hydrogen) atoms. The predicted octanol–water partition coefficient (Wildman–Crippen LogP) is 3.37. The molecular formula is C13H18ClNO3. The summed E-state index contributed by atoms with van der Waals surface area (Å²) in [5.41, 5.74) is 0.893. The topological polar surface area (TPSA) is 47.6 Å². The number of halogens is 1. The second kappa shape index (κ2) is 7.11. The molecule has 1 rings (SSSR count). The van der Waals surface area contributed by atoms with Gasteiger partial charge in [-0.1, -0.05) is 17.7 Å². The summed E-state index contributed by atoms with van der Waals surface area (Å²) in [6, 6.07) is 5.42. The van der Waals surface area contributed by atoms with Crippen molar-refractivity contribution < 1.29 is 14.3 Å². The summed E-state index contributed by atoms with van der Waals surface area (Å²) >= 11 is 6.08. The first-order valence-electron chi connectivity index (χ1n) is 5.88. The van der Waals surface area contributed by atoms with Crippen LogP contribution in [0.4, 0.5) is 4.79 Å². The summed E-state index contributed by atoms with van der Waals surface area (Å²) in [6.07, 6.45) is -0.359. The highest BCUT2D eigenvalue weighted by Gasteiger charge is 2.06. The second-order valence-electron chi connectivity index (χ2n) is 4.01. The molecule has 0 spiro atoms. The van der Waals surface area contributed by atoms with Crippen LogP contribution in [0.5, 0.6) is 5.75 Å². The molecule has 1 amide bonds. The molecule has 0 aromatic heterocycles. The molecule has 0 atom stereocenters. The first-order valence-corrected chi connectivity index (χ1v) is 6.26. The van der Waals surface area contributed by atoms with Crippen molar-refractivity contribution >= 4 is 17.7 Å². The van der Waals surface area contributed by atoms with Crippen LogP contribution in [-0.2, 0) is 11.3 Å². The average Bonchev–Trinajstić information content (AvgIpc) is 2.29. The lowest BCUT2D eigenvalue weighted by atomic mass is 10.2. The molecule has 4 nitrogen and oxygen atoms in total. The summed E-state index contributed by atoms with van der Waals surface area (Å²) < 4.78 is 10.3. The number of rotatable bonds is 5. The van der Waals surface area contributed by atoms with Crippen LogP contribution >= 0.6 is 11.6 Å². The van der Waals surface area contributed by atoms with Crippen molar-refractivity contribution in [2.75, 3.05) is 6.61 Å². The molecule has 5 heteroatoms. The maximum absolute atomic E-state index is 11.1. The van der Waals surface area contributed by atoms with Crippen LogP contribution in [0.1, 0.15) is 26.3 Å². The third-order valence-corrected chi connectivity index (χ3v) is 2.37. The molecule has 0 aliphatic rings. The van der Waals surface area contributed by atoms with Gasteiger partial charge in [-0.15, -0.1) is 0 Å². The molecular weight excluding hydrogens is 254 g/mol. The molecule has 0 aliphatic carbocycles. The Bertz CT molecular complexity index is 407. The second-order valence-corrected chi connectivity index (χ2v) is 4.41. The highest BCUT2D eigenvalue weighted by Crippen LogP contribution is 2.26. The molecule has 100 valence electrons. The summed E-state index contributed by atoms with van der Waals surface area (Å²) in [7, 11) is 0. The van der Waals surface area contributed by atoms with Crippen LogP contribution in [0.3, 0.4) is 0 Å². The van der Waals surface area contributed by atoms with Crippen molar-refractivity contribution in [1.29, 1.82) is 0 Å². The minimum atomic E-state index is -0.434. The Morgan fingerprint density at radius 1 is 1.44 bits per heavy atom. The lowest BCUT2D eigenvalue weighted by molar-refractivity contribution is 0.151. The Labute approximate surface area is 112 Å². The van der Waals surface area contributed by atoms with Gasteiger partial charge >= 0.3 is 6.09 Å². The number of amides is 1. The summed E-state index contributed by atoms with van der Waals surface area (Å²) in [5, 5.41) is 3.16. The number of carbonyl (C=O) groups excluding carboxylic acids is 1. The lowest BCUT2D eigenvalue weighted by Crippen LogP contribution is -2.23. The standard InChI is InChI=1S/C13H18ClNO3/c1-4-17-13(16)15-8-10-5-6-12(11(14)7-10)18-9(2)3/h5-7,9H,4,8H2,1-3H3,(H,15,16). The fraction of sp³-hybridized carbons (Fsp3) is 0.462. The first-order chi connectivity index (χ1) is 8.52. The van der Waals surface area contributed by atoms with Crippen molar-refractivity contribution in [2.24, 2.45) is 0 Å². The van der Waals surface area contributed by atoms with Gasteiger partial charge in [0.15, 0.2) is 0 Å². The van der Waals surface area contributed by atoms with Crippen LogP contribution in [0.2, 0.25) is 5.02 Å². The maximum Gasteiger partial charge on any atom is 0.407 e. The number of nitrogens with one attached hydrogen (secondary N) is 1. The normalized spacial score (nSPS) is 10.3. The molecule has 0 heterocycles. The van der Waals surface area contributed by atoms with Gasteiger partial charge < -0.3 is 14.8 Å². The molecule has 0 saturated carbocycles. The van der Waals surface area contributed by atoms with Gasteiger partial charge in [-0.3, -0.25) is 0 Å². The van der Waals surface area contributed by atoms with Gasteiger partial charge in [-0.25, -0.2) is 4.79 Å². The Balaban J connectivity index is 2.58. The Hall–Kier alpha value is -1.42. The zero-order valence-corrected chi connectivity index (χ0v) is 11.6. The molecule has 0 fully saturated rings. The van der Waals surface area contributed by atoms with Crippen molar-refractivity contribution in [3.63, 3.8) is 0 Å². The Morgan fingerprint density at radius 3 is 2.72 bits per heavy atom. The predicted molar refractivity (Wildman–Crippen MR) is 71.1 cm³/mol. The van der Waals surface area contributed by atoms with Gasteiger partial charge in [0.2, 0.25) is 0 Å². The molecule has 1 N–H and O–H groups in total. The van der Waals surface area contributed by atoms with E-state index in [0.717, 1.165) is 5.56 Å². The summed E-state index contributed by atoms with van der Waals surface area (Å²) in [4.78, 5) is 11.1. The molecule has 0 aliphatic heterocycles. The van der Waals surface area contributed by atoms with Gasteiger partial charge in [0.1, 0.15) is 5.75 Å². The van der Waals surface area contributed by atoms with E-state index in [9.17, 15) is 4.79 Å². The Kier molecular flexibility index (Phi) is 5.78. The minimum absolute atomic E-state index is 0.0750. The molecule has 0 radical (unpaired) electrons. The van der Waals surface area contributed by atoms with E-state index < -0.39 is 6.09 Å². The van der Waals surface area contributed by atoms with Crippen molar-refractivity contribution in [1.82, 2.24) is 5.32 Å². The fourth-order valence-electron chi connectivity index (χ4n) is 1.36. The summed E-state index contributed by atoms with van der Waals surface area (Å²) in [5.74, 6) is 0.645. The van der Waals surface area contributed by atoms with Crippen LogP contribution in [0.15, 0.2) is 18.2 Å². The van der Waals surface area contributed by atoms with Crippen molar-refractivity contribution in [3.05, 3.63) is 28.8 Å². The zero-order chi connectivity index (χ0) is 13.5. The molecule has 0 bridgehead atoms. The number of carbonyl (C=O) groups is 1.